The lowest BCUT2D eigenvalue weighted by Gasteiger charge is -2.12. The number of nitrogens with zero attached hydrogens (tertiary/aromatic N) is 2. The van der Waals surface area contributed by atoms with Gasteiger partial charge in [-0.2, -0.15) is 5.10 Å². The number of halogens is 1. The van der Waals surface area contributed by atoms with E-state index in [0.29, 0.717) is 10.7 Å². The van der Waals surface area contributed by atoms with Gasteiger partial charge in [-0.25, -0.2) is 17.8 Å². The summed E-state index contributed by atoms with van der Waals surface area (Å²) < 4.78 is 28.2. The summed E-state index contributed by atoms with van der Waals surface area (Å²) in [6, 6.07) is 8.19. The fourth-order valence-electron chi connectivity index (χ4n) is 1.67. The number of hydrogen-bond donors (Lipinski definition) is 1. The van der Waals surface area contributed by atoms with Gasteiger partial charge in [-0.1, -0.05) is 23.7 Å². The van der Waals surface area contributed by atoms with Gasteiger partial charge in [-0.15, -0.1) is 0 Å². The van der Waals surface area contributed by atoms with Crippen LogP contribution >= 0.6 is 11.6 Å². The highest BCUT2D eigenvalue weighted by molar-refractivity contribution is 7.89. The second kappa shape index (κ2) is 5.32. The van der Waals surface area contributed by atoms with Crippen LogP contribution in [0.4, 0.5) is 0 Å². The van der Waals surface area contributed by atoms with E-state index in [2.05, 4.69) is 9.82 Å². The number of para-hydroxylation sites is 1. The Morgan fingerprint density at radius 2 is 1.95 bits per heavy atom. The molecule has 0 radical (unpaired) electrons. The molecule has 0 fully saturated rings. The summed E-state index contributed by atoms with van der Waals surface area (Å²) in [6.45, 7) is 3.52. The Kier molecular flexibility index (Phi) is 3.93. The maximum Gasteiger partial charge on any atom is 0.258 e. The molecule has 0 amide bonds. The molecule has 7 heteroatoms. The van der Waals surface area contributed by atoms with E-state index in [1.807, 2.05) is 0 Å². The molecule has 1 heterocycles. The highest BCUT2D eigenvalue weighted by Crippen LogP contribution is 2.22. The molecule has 0 bridgehead atoms. The van der Waals surface area contributed by atoms with E-state index < -0.39 is 10.0 Å². The highest BCUT2D eigenvalue weighted by Gasteiger charge is 2.21. The Bertz CT molecular complexity index is 680. The Morgan fingerprint density at radius 1 is 1.26 bits per heavy atom. The van der Waals surface area contributed by atoms with Gasteiger partial charge in [0, 0.05) is 6.04 Å². The van der Waals surface area contributed by atoms with Crippen molar-refractivity contribution >= 4 is 21.6 Å². The highest BCUT2D eigenvalue weighted by atomic mass is 35.5. The van der Waals surface area contributed by atoms with Crippen molar-refractivity contribution in [3.63, 3.8) is 0 Å². The van der Waals surface area contributed by atoms with Gasteiger partial charge in [0.25, 0.3) is 10.0 Å². The predicted octanol–water partition coefficient (Wildman–Crippen LogP) is 2.21. The van der Waals surface area contributed by atoms with Gasteiger partial charge in [0.05, 0.1) is 16.9 Å². The molecule has 0 unspecified atom stereocenters. The molecule has 0 spiro atoms. The molecule has 1 aromatic heterocycles. The maximum atomic E-state index is 12.2. The molecule has 2 rings (SSSR count). The van der Waals surface area contributed by atoms with E-state index in [4.69, 9.17) is 11.6 Å². The normalized spacial score (nSPS) is 12.0. The average molecular weight is 300 g/mol. The predicted molar refractivity (Wildman–Crippen MR) is 74.0 cm³/mol. The Hall–Kier alpha value is -1.37. The van der Waals surface area contributed by atoms with Crippen LogP contribution in [0.2, 0.25) is 5.02 Å². The minimum absolute atomic E-state index is 0.0642. The molecule has 2 aromatic rings. The monoisotopic (exact) mass is 299 g/mol. The summed E-state index contributed by atoms with van der Waals surface area (Å²) in [5, 5.41) is 4.54. The molecule has 5 nitrogen and oxygen atoms in total. The maximum absolute atomic E-state index is 12.2. The van der Waals surface area contributed by atoms with Gasteiger partial charge in [0.1, 0.15) is 0 Å². The van der Waals surface area contributed by atoms with E-state index >= 15 is 0 Å². The lowest BCUT2D eigenvalue weighted by atomic mass is 10.3. The lowest BCUT2D eigenvalue weighted by molar-refractivity contribution is 0.560. The van der Waals surface area contributed by atoms with E-state index in [0.717, 1.165) is 0 Å². The zero-order chi connectivity index (χ0) is 14.0. The molecule has 0 atom stereocenters. The molecular weight excluding hydrogens is 286 g/mol. The smallest absolute Gasteiger partial charge is 0.219 e. The van der Waals surface area contributed by atoms with Gasteiger partial charge in [0.2, 0.25) is 0 Å². The second-order valence-corrected chi connectivity index (χ2v) is 6.38. The number of hydrogen-bond acceptors (Lipinski definition) is 3. The van der Waals surface area contributed by atoms with Crippen LogP contribution in [-0.4, -0.2) is 24.2 Å². The van der Waals surface area contributed by atoms with Crippen molar-refractivity contribution in [1.29, 1.82) is 0 Å². The Labute approximate surface area is 117 Å². The number of nitrogens with one attached hydrogen (secondary N) is 1. The third-order valence-corrected chi connectivity index (χ3v) is 4.32. The number of sulfonamides is 1. The Balaban J connectivity index is 2.53. The van der Waals surface area contributed by atoms with Crippen LogP contribution in [0.1, 0.15) is 13.8 Å². The van der Waals surface area contributed by atoms with Crippen molar-refractivity contribution in [1.82, 2.24) is 14.5 Å². The first-order chi connectivity index (χ1) is 8.92. The van der Waals surface area contributed by atoms with Crippen LogP contribution in [0, 0.1) is 0 Å². The molecule has 0 aliphatic carbocycles. The zero-order valence-corrected chi connectivity index (χ0v) is 12.1. The molecule has 19 heavy (non-hydrogen) atoms. The summed E-state index contributed by atoms with van der Waals surface area (Å²) in [7, 11) is -3.62. The lowest BCUT2D eigenvalue weighted by Crippen LogP contribution is -2.31. The molecule has 0 saturated heterocycles. The van der Waals surface area contributed by atoms with Crippen molar-refractivity contribution in [2.45, 2.75) is 24.9 Å². The fraction of sp³-hybridized carbons (Fsp3) is 0.250. The van der Waals surface area contributed by atoms with Gasteiger partial charge >= 0.3 is 0 Å². The fourth-order valence-corrected chi connectivity index (χ4v) is 3.24. The van der Waals surface area contributed by atoms with E-state index in [1.165, 1.54) is 16.9 Å². The first kappa shape index (κ1) is 14.0. The van der Waals surface area contributed by atoms with Gasteiger partial charge < -0.3 is 0 Å². The topological polar surface area (TPSA) is 64.0 Å². The molecule has 0 aliphatic heterocycles. The van der Waals surface area contributed by atoms with Crippen molar-refractivity contribution in [3.05, 3.63) is 41.6 Å². The average Bonchev–Trinajstić information content (AvgIpc) is 2.77. The van der Waals surface area contributed by atoms with E-state index in [9.17, 15) is 8.42 Å². The zero-order valence-electron chi connectivity index (χ0n) is 10.5. The van der Waals surface area contributed by atoms with Crippen molar-refractivity contribution in [2.75, 3.05) is 0 Å². The van der Waals surface area contributed by atoms with Crippen LogP contribution in [0.25, 0.3) is 5.69 Å². The summed E-state index contributed by atoms with van der Waals surface area (Å²) in [6.07, 6.45) is 1.43. The minimum Gasteiger partial charge on any atom is -0.219 e. The van der Waals surface area contributed by atoms with E-state index in [1.54, 1.807) is 38.1 Å². The summed E-state index contributed by atoms with van der Waals surface area (Å²) in [5.41, 5.74) is 0.526. The van der Waals surface area contributed by atoms with Gasteiger partial charge in [-0.05, 0) is 32.0 Å². The van der Waals surface area contributed by atoms with Crippen molar-refractivity contribution < 1.29 is 8.42 Å². The molecule has 0 saturated carbocycles. The summed E-state index contributed by atoms with van der Waals surface area (Å²) in [5.74, 6) is 0. The standard InChI is InChI=1S/C12H14ClN3O2S/c1-9(2)15-19(17,18)12-7-8-14-16(12)11-6-4-3-5-10(11)13/h3-9,15H,1-2H3. The quantitative estimate of drug-likeness (QED) is 0.941. The molecular formula is C12H14ClN3O2S. The molecule has 1 N–H and O–H groups in total. The summed E-state index contributed by atoms with van der Waals surface area (Å²) >= 11 is 6.07. The SMILES string of the molecule is CC(C)NS(=O)(=O)c1ccnn1-c1ccccc1Cl. The first-order valence-corrected chi connectivity index (χ1v) is 7.59. The second-order valence-electron chi connectivity index (χ2n) is 4.31. The molecule has 1 aromatic carbocycles. The first-order valence-electron chi connectivity index (χ1n) is 5.73. The summed E-state index contributed by atoms with van der Waals surface area (Å²) in [4.78, 5) is 0. The molecule has 0 aliphatic rings. The third-order valence-electron chi connectivity index (χ3n) is 2.35. The van der Waals surface area contributed by atoms with Crippen molar-refractivity contribution in [2.24, 2.45) is 0 Å². The van der Waals surface area contributed by atoms with E-state index in [-0.39, 0.29) is 11.1 Å². The van der Waals surface area contributed by atoms with Gasteiger partial charge in [-0.3, -0.25) is 0 Å². The van der Waals surface area contributed by atoms with Crippen LogP contribution < -0.4 is 4.72 Å². The third kappa shape index (κ3) is 2.97. The largest absolute Gasteiger partial charge is 0.258 e. The van der Waals surface area contributed by atoms with Crippen LogP contribution in [0.5, 0.6) is 0 Å². The van der Waals surface area contributed by atoms with Crippen LogP contribution in [-0.2, 0) is 10.0 Å². The number of rotatable bonds is 4. The minimum atomic E-state index is -3.62. The Morgan fingerprint density at radius 3 is 2.58 bits per heavy atom. The van der Waals surface area contributed by atoms with Crippen molar-refractivity contribution in [3.8, 4) is 5.69 Å². The molecule has 102 valence electrons. The van der Waals surface area contributed by atoms with Crippen LogP contribution in [0.3, 0.4) is 0 Å². The van der Waals surface area contributed by atoms with Crippen LogP contribution in [0.15, 0.2) is 41.6 Å². The van der Waals surface area contributed by atoms with Gasteiger partial charge in [0.15, 0.2) is 5.03 Å². The number of aromatic nitrogens is 2. The number of benzene rings is 1.